The fraction of sp³-hybridized carbons (Fsp3) is 0.350. The fourth-order valence-corrected chi connectivity index (χ4v) is 3.44. The molecule has 0 saturated carbocycles. The molecule has 0 amide bonds. The van der Waals surface area contributed by atoms with Gasteiger partial charge in [0.15, 0.2) is 5.82 Å². The predicted molar refractivity (Wildman–Crippen MR) is 104 cm³/mol. The van der Waals surface area contributed by atoms with Crippen molar-refractivity contribution in [3.8, 4) is 11.1 Å². The number of aliphatic hydroxyl groups excluding tert-OH is 1. The van der Waals surface area contributed by atoms with Gasteiger partial charge in [0, 0.05) is 30.5 Å². The number of pyridine rings is 1. The number of halogens is 2. The Balaban J connectivity index is 0.000000185. The number of aromatic nitrogens is 2. The summed E-state index contributed by atoms with van der Waals surface area (Å²) in [5, 5.41) is 13.8. The molecule has 2 atom stereocenters. The molecule has 3 N–H and O–H groups in total. The highest BCUT2D eigenvalue weighted by atomic mass is 35.5. The summed E-state index contributed by atoms with van der Waals surface area (Å²) in [6.07, 6.45) is 2.87. The first-order valence-corrected chi connectivity index (χ1v) is 9.11. The molecule has 1 fully saturated rings. The summed E-state index contributed by atoms with van der Waals surface area (Å²) in [5.74, 6) is 0.547. The van der Waals surface area contributed by atoms with Crippen molar-refractivity contribution in [1.82, 2.24) is 15.3 Å². The zero-order chi connectivity index (χ0) is 18.7. The van der Waals surface area contributed by atoms with Crippen molar-refractivity contribution < 1.29 is 9.50 Å². The number of hydrogen-bond acceptors (Lipinski definition) is 3. The van der Waals surface area contributed by atoms with Crippen LogP contribution in [0.2, 0.25) is 5.02 Å². The number of H-pyrrole nitrogens is 1. The molecule has 26 heavy (non-hydrogen) atoms. The van der Waals surface area contributed by atoms with E-state index in [-0.39, 0.29) is 11.9 Å². The van der Waals surface area contributed by atoms with Crippen molar-refractivity contribution in [1.29, 1.82) is 0 Å². The number of aromatic amines is 1. The van der Waals surface area contributed by atoms with Gasteiger partial charge < -0.3 is 15.4 Å². The lowest BCUT2D eigenvalue weighted by atomic mass is 9.90. The lowest BCUT2D eigenvalue weighted by Crippen LogP contribution is -2.44. The van der Waals surface area contributed by atoms with E-state index in [4.69, 9.17) is 11.6 Å². The highest BCUT2D eigenvalue weighted by Crippen LogP contribution is 2.30. The molecule has 4 nitrogen and oxygen atoms in total. The molecule has 1 saturated heterocycles. The molecule has 1 aliphatic heterocycles. The molecule has 0 radical (unpaired) electrons. The van der Waals surface area contributed by atoms with Gasteiger partial charge in [-0.3, -0.25) is 0 Å². The molecule has 0 bridgehead atoms. The van der Waals surface area contributed by atoms with Crippen molar-refractivity contribution in [2.24, 2.45) is 11.8 Å². The number of rotatable bonds is 1. The van der Waals surface area contributed by atoms with E-state index in [0.717, 1.165) is 24.2 Å². The summed E-state index contributed by atoms with van der Waals surface area (Å²) in [4.78, 5) is 6.88. The number of fused-ring (bicyclic) bond motifs is 1. The third-order valence-electron chi connectivity index (χ3n) is 4.76. The van der Waals surface area contributed by atoms with Crippen molar-refractivity contribution in [2.45, 2.75) is 20.0 Å². The Labute approximate surface area is 157 Å². The van der Waals surface area contributed by atoms with Gasteiger partial charge in [0.25, 0.3) is 0 Å². The molecular weight excluding hydrogens is 353 g/mol. The molecule has 2 unspecified atom stereocenters. The molecule has 1 aromatic carbocycles. The van der Waals surface area contributed by atoms with E-state index in [9.17, 15) is 9.50 Å². The van der Waals surface area contributed by atoms with Gasteiger partial charge in [0.1, 0.15) is 5.65 Å². The van der Waals surface area contributed by atoms with Crippen molar-refractivity contribution in [3.05, 3.63) is 53.6 Å². The van der Waals surface area contributed by atoms with Crippen LogP contribution < -0.4 is 5.32 Å². The first kappa shape index (κ1) is 18.8. The third kappa shape index (κ3) is 4.06. The second kappa shape index (κ2) is 8.16. The summed E-state index contributed by atoms with van der Waals surface area (Å²) in [6.45, 7) is 6.08. The molecular formula is C20H23ClFN3O. The van der Waals surface area contributed by atoms with Crippen molar-refractivity contribution in [2.75, 3.05) is 13.1 Å². The van der Waals surface area contributed by atoms with E-state index >= 15 is 0 Å². The number of aliphatic hydroxyl groups is 1. The van der Waals surface area contributed by atoms with Crippen LogP contribution in [0.4, 0.5) is 4.39 Å². The molecule has 3 heterocycles. The van der Waals surface area contributed by atoms with Crippen LogP contribution >= 0.6 is 11.6 Å². The van der Waals surface area contributed by atoms with Gasteiger partial charge in [-0.2, -0.15) is 0 Å². The second-order valence-corrected chi connectivity index (χ2v) is 7.27. The van der Waals surface area contributed by atoms with Gasteiger partial charge >= 0.3 is 0 Å². The predicted octanol–water partition coefficient (Wildman–Crippen LogP) is 4.25. The molecule has 2 aromatic heterocycles. The van der Waals surface area contributed by atoms with Gasteiger partial charge in [-0.1, -0.05) is 37.6 Å². The van der Waals surface area contributed by atoms with Gasteiger partial charge in [-0.15, -0.1) is 0 Å². The number of piperidine rings is 1. The van der Waals surface area contributed by atoms with Crippen LogP contribution in [0.5, 0.6) is 0 Å². The maximum atomic E-state index is 13.7. The van der Waals surface area contributed by atoms with Crippen LogP contribution in [0.1, 0.15) is 13.8 Å². The monoisotopic (exact) mass is 375 g/mol. The normalized spacial score (nSPS) is 22.7. The summed E-state index contributed by atoms with van der Waals surface area (Å²) in [7, 11) is 0. The van der Waals surface area contributed by atoms with E-state index in [0.29, 0.717) is 27.9 Å². The maximum Gasteiger partial charge on any atom is 0.150 e. The minimum atomic E-state index is -0.303. The average Bonchev–Trinajstić information content (AvgIpc) is 3.02. The largest absolute Gasteiger partial charge is 0.392 e. The fourth-order valence-electron chi connectivity index (χ4n) is 3.25. The molecule has 0 aliphatic carbocycles. The lowest BCUT2D eigenvalue weighted by Gasteiger charge is -2.30. The maximum absolute atomic E-state index is 13.7. The Kier molecular flexibility index (Phi) is 5.91. The number of benzene rings is 1. The highest BCUT2D eigenvalue weighted by molar-refractivity contribution is 6.30. The van der Waals surface area contributed by atoms with E-state index in [1.807, 2.05) is 18.2 Å². The molecule has 1 aliphatic rings. The Morgan fingerprint density at radius 2 is 1.92 bits per heavy atom. The van der Waals surface area contributed by atoms with E-state index in [2.05, 4.69) is 29.1 Å². The summed E-state index contributed by atoms with van der Waals surface area (Å²) in [6, 6.07) is 9.12. The van der Waals surface area contributed by atoms with Gasteiger partial charge in [0.2, 0.25) is 0 Å². The van der Waals surface area contributed by atoms with Gasteiger partial charge in [-0.25, -0.2) is 9.37 Å². The number of nitrogens with one attached hydrogen (secondary N) is 2. The number of hydrogen-bond donors (Lipinski definition) is 3. The third-order valence-corrected chi connectivity index (χ3v) is 4.99. The first-order valence-electron chi connectivity index (χ1n) is 8.73. The van der Waals surface area contributed by atoms with Gasteiger partial charge in [-0.05, 0) is 41.2 Å². The Morgan fingerprint density at radius 1 is 1.19 bits per heavy atom. The number of nitrogens with zero attached hydrogens (tertiary/aromatic N) is 1. The SMILES string of the molecule is CC1CNCC(C)C1O.Fc1c[nH]c2nccc(-c3cccc(Cl)c3)c12. The van der Waals surface area contributed by atoms with Crippen LogP contribution in [0, 0.1) is 17.7 Å². The van der Waals surface area contributed by atoms with Gasteiger partial charge in [0.05, 0.1) is 11.5 Å². The molecule has 6 heteroatoms. The van der Waals surface area contributed by atoms with Crippen LogP contribution in [0.3, 0.4) is 0 Å². The zero-order valence-electron chi connectivity index (χ0n) is 14.8. The Bertz CT molecular complexity index is 872. The van der Waals surface area contributed by atoms with E-state index < -0.39 is 0 Å². The molecule has 0 spiro atoms. The van der Waals surface area contributed by atoms with Crippen LogP contribution in [-0.4, -0.2) is 34.3 Å². The van der Waals surface area contributed by atoms with E-state index in [1.165, 1.54) is 6.20 Å². The first-order chi connectivity index (χ1) is 12.5. The van der Waals surface area contributed by atoms with Crippen LogP contribution in [0.15, 0.2) is 42.7 Å². The molecule has 3 aromatic rings. The quantitative estimate of drug-likeness (QED) is 0.596. The second-order valence-electron chi connectivity index (χ2n) is 6.83. The minimum absolute atomic E-state index is 0.0914. The van der Waals surface area contributed by atoms with Crippen LogP contribution in [0.25, 0.3) is 22.2 Å². The lowest BCUT2D eigenvalue weighted by molar-refractivity contribution is 0.0434. The molecule has 4 rings (SSSR count). The van der Waals surface area contributed by atoms with E-state index in [1.54, 1.807) is 18.3 Å². The molecule has 138 valence electrons. The zero-order valence-corrected chi connectivity index (χ0v) is 15.6. The topological polar surface area (TPSA) is 60.9 Å². The summed E-state index contributed by atoms with van der Waals surface area (Å²) < 4.78 is 13.7. The Morgan fingerprint density at radius 3 is 2.58 bits per heavy atom. The Hall–Kier alpha value is -1.95. The summed E-state index contributed by atoms with van der Waals surface area (Å²) in [5.41, 5.74) is 2.21. The standard InChI is InChI=1S/C13H8ClFN2.C7H15NO/c14-9-3-1-2-8(6-9)10-4-5-16-13-12(10)11(15)7-17-13;1-5-3-8-4-6(2)7(5)9/h1-7H,(H,16,17);5-9H,3-4H2,1-2H3. The highest BCUT2D eigenvalue weighted by Gasteiger charge is 2.24. The minimum Gasteiger partial charge on any atom is -0.392 e. The van der Waals surface area contributed by atoms with Crippen LogP contribution in [-0.2, 0) is 0 Å². The summed E-state index contributed by atoms with van der Waals surface area (Å²) >= 11 is 5.94. The average molecular weight is 376 g/mol. The van der Waals surface area contributed by atoms with Crippen molar-refractivity contribution in [3.63, 3.8) is 0 Å². The smallest absolute Gasteiger partial charge is 0.150 e. The van der Waals surface area contributed by atoms with Crippen molar-refractivity contribution >= 4 is 22.6 Å².